The van der Waals surface area contributed by atoms with E-state index in [1.807, 2.05) is 0 Å². The minimum Gasteiger partial charge on any atom is -0.462 e. The van der Waals surface area contributed by atoms with Gasteiger partial charge in [0.25, 0.3) is 0 Å². The molecule has 0 heterocycles. The summed E-state index contributed by atoms with van der Waals surface area (Å²) in [7, 11) is -4.41. The highest BCUT2D eigenvalue weighted by Crippen LogP contribution is 2.43. The summed E-state index contributed by atoms with van der Waals surface area (Å²) >= 11 is 0. The summed E-state index contributed by atoms with van der Waals surface area (Å²) < 4.78 is 33.2. The van der Waals surface area contributed by atoms with E-state index in [4.69, 9.17) is 24.3 Å². The van der Waals surface area contributed by atoms with Gasteiger partial charge < -0.3 is 20.1 Å². The number of allylic oxidation sites excluding steroid dienone is 22. The summed E-state index contributed by atoms with van der Waals surface area (Å²) in [6.07, 6.45) is 106. The van der Waals surface area contributed by atoms with Gasteiger partial charge in [-0.2, -0.15) is 0 Å². The lowest BCUT2D eigenvalue weighted by molar-refractivity contribution is -0.161. The van der Waals surface area contributed by atoms with Crippen LogP contribution in [-0.4, -0.2) is 49.3 Å². The topological polar surface area (TPSA) is 134 Å². The summed E-state index contributed by atoms with van der Waals surface area (Å²) in [5.74, 6) is -0.862. The van der Waals surface area contributed by atoms with Crippen LogP contribution in [0, 0.1) is 0 Å². The molecule has 0 aromatic heterocycles. The maximum Gasteiger partial charge on any atom is 0.472 e. The summed E-state index contributed by atoms with van der Waals surface area (Å²) in [6, 6.07) is 0. The molecule has 0 aliphatic carbocycles. The van der Waals surface area contributed by atoms with Crippen LogP contribution < -0.4 is 5.73 Å². The van der Waals surface area contributed by atoms with E-state index in [0.29, 0.717) is 6.42 Å². The number of hydrogen-bond donors (Lipinski definition) is 2. The van der Waals surface area contributed by atoms with Crippen molar-refractivity contribution in [2.45, 2.75) is 335 Å². The SMILES string of the molecule is CC/C=C\C/C=C\C/C=C\C/C=C\C/C=C\C/C=C\C/C=C\C/C=C\C/C=C\C/C=C\C/C=C\CCCCCC(=O)OC(COC(=O)CCCCCCCCCCCCCCCCCCCCCCCCCCCCCCCCCC)COP(=O)(O)OCCN. The molecule has 3 N–H and O–H groups in total. The minimum absolute atomic E-state index is 0.0423. The van der Waals surface area contributed by atoms with Crippen LogP contribution in [0.5, 0.6) is 0 Å². The number of carbonyl (C=O) groups is 2. The van der Waals surface area contributed by atoms with Crippen LogP contribution in [0.3, 0.4) is 0 Å². The molecular weight excluding hydrogens is 1130 g/mol. The Hall–Kier alpha value is -3.85. The highest BCUT2D eigenvalue weighted by atomic mass is 31.2. The second-order valence-corrected chi connectivity index (χ2v) is 25.9. The van der Waals surface area contributed by atoms with Gasteiger partial charge in [-0.1, -0.05) is 353 Å². The number of rotatable bonds is 69. The van der Waals surface area contributed by atoms with Crippen molar-refractivity contribution in [1.29, 1.82) is 0 Å². The van der Waals surface area contributed by atoms with Gasteiger partial charge >= 0.3 is 19.8 Å². The predicted octanol–water partition coefficient (Wildman–Crippen LogP) is 24.8. The molecular formula is C80H138NO8P. The molecule has 0 rings (SSSR count). The summed E-state index contributed by atoms with van der Waals surface area (Å²) in [6.45, 7) is 3.62. The average molecular weight is 1270 g/mol. The standard InChI is InChI=1S/C80H138NO8P/c1-3-5-7-9-11-13-15-17-19-21-23-25-27-29-31-33-35-37-38-39-40-41-43-45-47-49-51-53-55-57-59-61-63-65-67-69-71-73-80(83)89-78(77-88-90(84,85)87-75-74-81)76-86-79(82)72-70-68-66-64-62-60-58-56-54-52-50-48-46-44-42-36-34-32-30-28-26-24-22-20-18-16-14-12-10-8-6-4-2/h5,7,11,13,17,19,23,25,29,31,35,37,39-40,43,45,49,51,55,57,61,63,78H,3-4,6,8-10,12,14-16,18,20-22,24,26-28,30,32-34,36,38,41-42,44,46-48,50,52-54,56,58-60,62,64-77,81H2,1-2H3,(H,84,85)/b7-5-,13-11-,19-17-,25-23-,31-29-,37-35-,40-39-,45-43-,51-49-,57-55-,63-61-. The first-order chi connectivity index (χ1) is 44.3. The van der Waals surface area contributed by atoms with Gasteiger partial charge in [-0.05, 0) is 96.3 Å². The molecule has 0 aromatic carbocycles. The van der Waals surface area contributed by atoms with Crippen LogP contribution in [-0.2, 0) is 32.7 Å². The Morgan fingerprint density at radius 1 is 0.344 bits per heavy atom. The van der Waals surface area contributed by atoms with Crippen molar-refractivity contribution < 1.29 is 37.6 Å². The van der Waals surface area contributed by atoms with E-state index < -0.39 is 26.5 Å². The molecule has 0 saturated carbocycles. The number of ether oxygens (including phenoxy) is 2. The number of esters is 2. The van der Waals surface area contributed by atoms with Gasteiger partial charge in [-0.15, -0.1) is 0 Å². The number of phosphoric acid groups is 1. The van der Waals surface area contributed by atoms with Crippen molar-refractivity contribution in [3.63, 3.8) is 0 Å². The van der Waals surface area contributed by atoms with E-state index >= 15 is 0 Å². The average Bonchev–Trinajstić information content (AvgIpc) is 3.75. The zero-order valence-electron chi connectivity index (χ0n) is 58.1. The van der Waals surface area contributed by atoms with Crippen molar-refractivity contribution in [2.75, 3.05) is 26.4 Å². The summed E-state index contributed by atoms with van der Waals surface area (Å²) in [5, 5.41) is 0. The molecule has 516 valence electrons. The van der Waals surface area contributed by atoms with Gasteiger partial charge in [0.1, 0.15) is 6.61 Å². The Bertz CT molecular complexity index is 1940. The number of unbranched alkanes of at least 4 members (excludes halogenated alkanes) is 34. The van der Waals surface area contributed by atoms with Crippen LogP contribution in [0.4, 0.5) is 0 Å². The fourth-order valence-electron chi connectivity index (χ4n) is 10.4. The first-order valence-electron chi connectivity index (χ1n) is 37.2. The number of hydrogen-bond acceptors (Lipinski definition) is 8. The lowest BCUT2D eigenvalue weighted by Gasteiger charge is -2.19. The third-order valence-electron chi connectivity index (χ3n) is 15.8. The predicted molar refractivity (Wildman–Crippen MR) is 390 cm³/mol. The number of nitrogens with two attached hydrogens (primary N) is 1. The first kappa shape index (κ1) is 86.2. The van der Waals surface area contributed by atoms with E-state index in [9.17, 15) is 19.0 Å². The van der Waals surface area contributed by atoms with Crippen molar-refractivity contribution >= 4 is 19.8 Å². The Morgan fingerprint density at radius 2 is 0.611 bits per heavy atom. The van der Waals surface area contributed by atoms with Gasteiger partial charge in [0.05, 0.1) is 13.2 Å². The first-order valence-corrected chi connectivity index (χ1v) is 38.7. The zero-order valence-corrected chi connectivity index (χ0v) is 59.0. The third kappa shape index (κ3) is 73.2. The molecule has 0 radical (unpaired) electrons. The molecule has 9 nitrogen and oxygen atoms in total. The van der Waals surface area contributed by atoms with E-state index in [2.05, 4.69) is 148 Å². The largest absolute Gasteiger partial charge is 0.472 e. The van der Waals surface area contributed by atoms with E-state index in [-0.39, 0.29) is 38.6 Å². The van der Waals surface area contributed by atoms with Crippen molar-refractivity contribution in [1.82, 2.24) is 0 Å². The van der Waals surface area contributed by atoms with Gasteiger partial charge in [-0.3, -0.25) is 18.6 Å². The maximum atomic E-state index is 12.8. The Kier molecular flexibility index (Phi) is 71.0. The van der Waals surface area contributed by atoms with Crippen LogP contribution in [0.1, 0.15) is 328 Å². The fraction of sp³-hybridized carbons (Fsp3) is 0.700. The molecule has 0 aliphatic rings. The second-order valence-electron chi connectivity index (χ2n) is 24.4. The molecule has 2 atom stereocenters. The number of phosphoric ester groups is 1. The molecule has 0 spiro atoms. The van der Waals surface area contributed by atoms with Gasteiger partial charge in [0, 0.05) is 19.4 Å². The Morgan fingerprint density at radius 3 is 0.911 bits per heavy atom. The third-order valence-corrected chi connectivity index (χ3v) is 16.8. The van der Waals surface area contributed by atoms with Crippen LogP contribution in [0.2, 0.25) is 0 Å². The van der Waals surface area contributed by atoms with Gasteiger partial charge in [0.15, 0.2) is 6.10 Å². The lowest BCUT2D eigenvalue weighted by atomic mass is 10.0. The normalized spacial score (nSPS) is 13.7. The summed E-state index contributed by atoms with van der Waals surface area (Å²) in [4.78, 5) is 35.4. The van der Waals surface area contributed by atoms with Crippen LogP contribution >= 0.6 is 7.82 Å². The van der Waals surface area contributed by atoms with E-state index in [1.165, 1.54) is 186 Å². The quantitative estimate of drug-likeness (QED) is 0.0264. The molecule has 0 aliphatic heterocycles. The molecule has 0 bridgehead atoms. The zero-order chi connectivity index (χ0) is 65.1. The van der Waals surface area contributed by atoms with E-state index in [1.54, 1.807) is 0 Å². The highest BCUT2D eigenvalue weighted by molar-refractivity contribution is 7.47. The lowest BCUT2D eigenvalue weighted by Crippen LogP contribution is -2.29. The molecule has 0 aromatic rings. The smallest absolute Gasteiger partial charge is 0.462 e. The van der Waals surface area contributed by atoms with Crippen molar-refractivity contribution in [3.8, 4) is 0 Å². The Labute approximate surface area is 554 Å². The Balaban J connectivity index is 3.96. The van der Waals surface area contributed by atoms with Crippen molar-refractivity contribution in [3.05, 3.63) is 134 Å². The van der Waals surface area contributed by atoms with Crippen LogP contribution in [0.25, 0.3) is 0 Å². The highest BCUT2D eigenvalue weighted by Gasteiger charge is 2.26. The molecule has 2 unspecified atom stereocenters. The van der Waals surface area contributed by atoms with Crippen LogP contribution in [0.15, 0.2) is 134 Å². The van der Waals surface area contributed by atoms with E-state index in [0.717, 1.165) is 109 Å². The van der Waals surface area contributed by atoms with Crippen molar-refractivity contribution in [2.24, 2.45) is 5.73 Å². The van der Waals surface area contributed by atoms with Gasteiger partial charge in [0.2, 0.25) is 0 Å². The molecule has 0 amide bonds. The van der Waals surface area contributed by atoms with Gasteiger partial charge in [-0.25, -0.2) is 4.57 Å². The molecule has 0 saturated heterocycles. The minimum atomic E-state index is -4.41. The molecule has 90 heavy (non-hydrogen) atoms. The second kappa shape index (κ2) is 74.2. The fourth-order valence-corrected chi connectivity index (χ4v) is 11.1. The monoisotopic (exact) mass is 1270 g/mol. The molecule has 10 heteroatoms. The number of carbonyl (C=O) groups excluding carboxylic acids is 2. The summed E-state index contributed by atoms with van der Waals surface area (Å²) in [5.41, 5.74) is 5.40. The maximum absolute atomic E-state index is 12.8. The molecule has 0 fully saturated rings.